The normalized spacial score (nSPS) is 14.4. The van der Waals surface area contributed by atoms with E-state index in [4.69, 9.17) is 0 Å². The topological polar surface area (TPSA) is 83.4 Å². The van der Waals surface area contributed by atoms with Gasteiger partial charge in [-0.2, -0.15) is 5.10 Å². The summed E-state index contributed by atoms with van der Waals surface area (Å²) in [6.45, 7) is 3.66. The molecule has 0 radical (unpaired) electrons. The molecule has 1 fully saturated rings. The third-order valence-electron chi connectivity index (χ3n) is 3.29. The molecule has 1 aliphatic rings. The second-order valence-corrected chi connectivity index (χ2v) is 4.79. The van der Waals surface area contributed by atoms with Gasteiger partial charge in [-0.25, -0.2) is 4.98 Å². The fourth-order valence-electron chi connectivity index (χ4n) is 2.05. The lowest BCUT2D eigenvalue weighted by Crippen LogP contribution is -2.49. The van der Waals surface area contributed by atoms with Crippen LogP contribution in [0.5, 0.6) is 0 Å². The summed E-state index contributed by atoms with van der Waals surface area (Å²) in [6.07, 6.45) is 3.32. The van der Waals surface area contributed by atoms with Crippen molar-refractivity contribution < 1.29 is 9.59 Å². The van der Waals surface area contributed by atoms with Crippen LogP contribution in [0.3, 0.4) is 0 Å². The van der Waals surface area contributed by atoms with Gasteiger partial charge in [0.25, 0.3) is 0 Å². The number of aryl methyl sites for hydroxylation is 1. The van der Waals surface area contributed by atoms with Gasteiger partial charge in [-0.05, 0) is 0 Å². The summed E-state index contributed by atoms with van der Waals surface area (Å²) in [4.78, 5) is 31.0. The Morgan fingerprint density at radius 2 is 2.05 bits per heavy atom. The average molecular weight is 317 g/mol. The Bertz CT molecular complexity index is 447. The molecule has 21 heavy (non-hydrogen) atoms. The number of carbonyl (C=O) groups is 2. The van der Waals surface area contributed by atoms with E-state index in [1.54, 1.807) is 23.0 Å². The van der Waals surface area contributed by atoms with Gasteiger partial charge < -0.3 is 15.1 Å². The third kappa shape index (κ3) is 5.31. The summed E-state index contributed by atoms with van der Waals surface area (Å²) in [6, 6.07) is 0. The highest BCUT2D eigenvalue weighted by Crippen LogP contribution is 1.98. The van der Waals surface area contributed by atoms with Crippen molar-refractivity contribution in [2.24, 2.45) is 0 Å². The lowest BCUT2D eigenvalue weighted by atomic mass is 10.3. The zero-order valence-corrected chi connectivity index (χ0v) is 12.9. The molecule has 1 aliphatic heterocycles. The molecule has 2 rings (SSSR count). The largest absolute Gasteiger partial charge is 0.339 e. The standard InChI is InChI=1S/C12H20N6O2.ClH/c1-16(8-12(20)17-6-3-13-4-7-17)11(19)2-5-18-10-14-9-15-18;/h9-10,13H,2-8H2,1H3;1H. The number of carbonyl (C=O) groups excluding carboxylic acids is 2. The number of piperazine rings is 1. The van der Waals surface area contributed by atoms with Gasteiger partial charge in [0.15, 0.2) is 0 Å². The van der Waals surface area contributed by atoms with Crippen molar-refractivity contribution in [3.8, 4) is 0 Å². The maximum atomic E-state index is 12.0. The first-order valence-electron chi connectivity index (χ1n) is 6.71. The zero-order chi connectivity index (χ0) is 14.4. The first-order chi connectivity index (χ1) is 9.66. The molecular weight excluding hydrogens is 296 g/mol. The lowest BCUT2D eigenvalue weighted by Gasteiger charge is -2.29. The first-order valence-corrected chi connectivity index (χ1v) is 6.71. The molecule has 0 spiro atoms. The van der Waals surface area contributed by atoms with E-state index < -0.39 is 0 Å². The molecule has 1 aromatic rings. The summed E-state index contributed by atoms with van der Waals surface area (Å²) in [5, 5.41) is 7.13. The Balaban J connectivity index is 0.00000220. The molecule has 1 saturated heterocycles. The molecule has 2 amide bonds. The van der Waals surface area contributed by atoms with Crippen LogP contribution in [0.2, 0.25) is 0 Å². The summed E-state index contributed by atoms with van der Waals surface area (Å²) >= 11 is 0. The second kappa shape index (κ2) is 8.58. The minimum absolute atomic E-state index is 0. The summed E-state index contributed by atoms with van der Waals surface area (Å²) < 4.78 is 1.60. The molecule has 118 valence electrons. The van der Waals surface area contributed by atoms with Crippen molar-refractivity contribution in [2.75, 3.05) is 39.8 Å². The van der Waals surface area contributed by atoms with Crippen molar-refractivity contribution in [3.05, 3.63) is 12.7 Å². The fraction of sp³-hybridized carbons (Fsp3) is 0.667. The molecule has 2 heterocycles. The van der Waals surface area contributed by atoms with E-state index in [1.807, 2.05) is 0 Å². The second-order valence-electron chi connectivity index (χ2n) is 4.79. The molecule has 0 saturated carbocycles. The van der Waals surface area contributed by atoms with Crippen LogP contribution in [0.15, 0.2) is 12.7 Å². The third-order valence-corrected chi connectivity index (χ3v) is 3.29. The number of nitrogens with one attached hydrogen (secondary N) is 1. The van der Waals surface area contributed by atoms with Crippen molar-refractivity contribution in [2.45, 2.75) is 13.0 Å². The highest BCUT2D eigenvalue weighted by molar-refractivity contribution is 5.85. The average Bonchev–Trinajstić information content (AvgIpc) is 2.98. The molecule has 1 aromatic heterocycles. The summed E-state index contributed by atoms with van der Waals surface area (Å²) in [5.41, 5.74) is 0. The number of halogens is 1. The van der Waals surface area contributed by atoms with Gasteiger partial charge >= 0.3 is 0 Å². The number of aromatic nitrogens is 3. The van der Waals surface area contributed by atoms with E-state index in [-0.39, 0.29) is 30.8 Å². The van der Waals surface area contributed by atoms with Gasteiger partial charge in [0.1, 0.15) is 12.7 Å². The van der Waals surface area contributed by atoms with Gasteiger partial charge in [0, 0.05) is 39.6 Å². The quantitative estimate of drug-likeness (QED) is 0.752. The van der Waals surface area contributed by atoms with E-state index in [0.717, 1.165) is 13.1 Å². The van der Waals surface area contributed by atoms with E-state index >= 15 is 0 Å². The molecule has 0 atom stereocenters. The van der Waals surface area contributed by atoms with Crippen LogP contribution in [-0.4, -0.2) is 76.2 Å². The maximum Gasteiger partial charge on any atom is 0.242 e. The van der Waals surface area contributed by atoms with Crippen LogP contribution in [0.1, 0.15) is 6.42 Å². The Kier molecular flexibility index (Phi) is 7.10. The summed E-state index contributed by atoms with van der Waals surface area (Å²) in [7, 11) is 1.66. The summed E-state index contributed by atoms with van der Waals surface area (Å²) in [5.74, 6) is -0.0629. The van der Waals surface area contributed by atoms with Crippen molar-refractivity contribution >= 4 is 24.2 Å². The molecule has 8 nitrogen and oxygen atoms in total. The SMILES string of the molecule is CN(CC(=O)N1CCNCC1)C(=O)CCn1cncn1.Cl. The van der Waals surface area contributed by atoms with E-state index in [2.05, 4.69) is 15.4 Å². The molecule has 0 bridgehead atoms. The Hall–Kier alpha value is -1.67. The molecule has 0 aliphatic carbocycles. The van der Waals surface area contributed by atoms with Gasteiger partial charge in [-0.1, -0.05) is 0 Å². The molecular formula is C12H21ClN6O2. The lowest BCUT2D eigenvalue weighted by molar-refractivity contribution is -0.139. The first kappa shape index (κ1) is 17.4. The van der Waals surface area contributed by atoms with Crippen molar-refractivity contribution in [1.82, 2.24) is 29.9 Å². The van der Waals surface area contributed by atoms with Crippen LogP contribution in [0.4, 0.5) is 0 Å². The molecule has 0 unspecified atom stereocenters. The number of nitrogens with zero attached hydrogens (tertiary/aromatic N) is 5. The predicted octanol–water partition coefficient (Wildman–Crippen LogP) is -1.02. The zero-order valence-electron chi connectivity index (χ0n) is 12.1. The van der Waals surface area contributed by atoms with Crippen LogP contribution < -0.4 is 5.32 Å². The number of amides is 2. The monoisotopic (exact) mass is 316 g/mol. The van der Waals surface area contributed by atoms with E-state index in [0.29, 0.717) is 26.1 Å². The Morgan fingerprint density at radius 3 is 2.67 bits per heavy atom. The highest BCUT2D eigenvalue weighted by Gasteiger charge is 2.19. The Labute approximate surface area is 129 Å². The molecule has 0 aromatic carbocycles. The van der Waals surface area contributed by atoms with Crippen molar-refractivity contribution in [3.63, 3.8) is 0 Å². The maximum absolute atomic E-state index is 12.0. The van der Waals surface area contributed by atoms with Gasteiger partial charge in [0.05, 0.1) is 13.1 Å². The number of likely N-dealkylation sites (N-methyl/N-ethyl adjacent to an activating group) is 1. The Morgan fingerprint density at radius 1 is 1.33 bits per heavy atom. The van der Waals surface area contributed by atoms with Gasteiger partial charge in [-0.15, -0.1) is 12.4 Å². The molecule has 9 heteroatoms. The van der Waals surface area contributed by atoms with Crippen molar-refractivity contribution in [1.29, 1.82) is 0 Å². The predicted molar refractivity (Wildman–Crippen MR) is 79.0 cm³/mol. The van der Waals surface area contributed by atoms with Crippen LogP contribution in [0.25, 0.3) is 0 Å². The van der Waals surface area contributed by atoms with Gasteiger partial charge in [-0.3, -0.25) is 14.3 Å². The smallest absolute Gasteiger partial charge is 0.242 e. The van der Waals surface area contributed by atoms with Gasteiger partial charge in [0.2, 0.25) is 11.8 Å². The number of hydrogen-bond acceptors (Lipinski definition) is 5. The molecule has 1 N–H and O–H groups in total. The highest BCUT2D eigenvalue weighted by atomic mass is 35.5. The number of hydrogen-bond donors (Lipinski definition) is 1. The van der Waals surface area contributed by atoms with E-state index in [9.17, 15) is 9.59 Å². The number of rotatable bonds is 5. The minimum Gasteiger partial charge on any atom is -0.339 e. The van der Waals surface area contributed by atoms with Crippen LogP contribution >= 0.6 is 12.4 Å². The fourth-order valence-corrected chi connectivity index (χ4v) is 2.05. The minimum atomic E-state index is -0.0658. The van der Waals surface area contributed by atoms with Crippen LogP contribution in [-0.2, 0) is 16.1 Å². The van der Waals surface area contributed by atoms with E-state index in [1.165, 1.54) is 11.2 Å². The van der Waals surface area contributed by atoms with Crippen LogP contribution in [0, 0.1) is 0 Å².